The van der Waals surface area contributed by atoms with E-state index in [4.69, 9.17) is 6.42 Å². The van der Waals surface area contributed by atoms with Crippen LogP contribution in [0.15, 0.2) is 0 Å². The van der Waals surface area contributed by atoms with E-state index in [1.54, 1.807) is 4.86 Å². The number of hydrogen-bond acceptors (Lipinski definition) is 3. The Morgan fingerprint density at radius 3 is 2.42 bits per heavy atom. The van der Waals surface area contributed by atoms with E-state index in [-0.39, 0.29) is 0 Å². The van der Waals surface area contributed by atoms with Crippen LogP contribution in [-0.4, -0.2) is 19.9 Å². The van der Waals surface area contributed by atoms with E-state index in [0.717, 1.165) is 0 Å². The van der Waals surface area contributed by atoms with Crippen molar-refractivity contribution in [2.75, 3.05) is 19.9 Å². The highest BCUT2D eigenvalue weighted by molar-refractivity contribution is 7.72. The molecule has 0 aliphatic carbocycles. The molecule has 1 N–H and O–H groups in total. The summed E-state index contributed by atoms with van der Waals surface area (Å²) in [6.07, 6.45) is 4.74. The summed E-state index contributed by atoms with van der Waals surface area (Å²) < 4.78 is 38.5. The molecular formula is C5H10FNO3P2. The second-order valence-corrected chi connectivity index (χ2v) is 7.13. The van der Waals surface area contributed by atoms with Gasteiger partial charge in [-0.2, -0.15) is 4.86 Å². The van der Waals surface area contributed by atoms with Crippen molar-refractivity contribution in [3.05, 3.63) is 0 Å². The van der Waals surface area contributed by atoms with Gasteiger partial charge in [0.2, 0.25) is 0 Å². The Hall–Kier alpha value is -0.130. The van der Waals surface area contributed by atoms with Gasteiger partial charge < -0.3 is 4.57 Å². The Morgan fingerprint density at radius 1 is 1.58 bits per heavy atom. The number of hydrogen-bond donors (Lipinski definition) is 1. The molecule has 0 fully saturated rings. The molecule has 0 spiro atoms. The van der Waals surface area contributed by atoms with Gasteiger partial charge in [-0.1, -0.05) is 5.92 Å². The minimum atomic E-state index is -4.49. The molecule has 0 radical (unpaired) electrons. The molecule has 1 unspecified atom stereocenters. The van der Waals surface area contributed by atoms with E-state index in [1.165, 1.54) is 13.3 Å². The van der Waals surface area contributed by atoms with Crippen LogP contribution in [0.1, 0.15) is 0 Å². The summed E-state index contributed by atoms with van der Waals surface area (Å²) in [6, 6.07) is 0. The summed E-state index contributed by atoms with van der Waals surface area (Å²) in [7, 11) is -7.40. The van der Waals surface area contributed by atoms with Crippen LogP contribution in [0, 0.1) is 12.3 Å². The summed E-state index contributed by atoms with van der Waals surface area (Å²) in [4.78, 5) is 1.76. The molecule has 7 heteroatoms. The molecule has 0 aromatic carbocycles. The Balaban J connectivity index is 4.17. The monoisotopic (exact) mass is 213 g/mol. The summed E-state index contributed by atoms with van der Waals surface area (Å²) in [6.45, 7) is 2.05. The van der Waals surface area contributed by atoms with E-state index in [2.05, 4.69) is 4.52 Å². The lowest BCUT2D eigenvalue weighted by Gasteiger charge is -2.12. The van der Waals surface area contributed by atoms with Crippen molar-refractivity contribution in [2.24, 2.45) is 0 Å². The largest absolute Gasteiger partial charge is 0.449 e. The molecule has 0 aromatic heterocycles. The predicted molar refractivity (Wildman–Crippen MR) is 46.1 cm³/mol. The van der Waals surface area contributed by atoms with Crippen LogP contribution < -0.4 is 4.86 Å². The topological polar surface area (TPSA) is 55.4 Å². The van der Waals surface area contributed by atoms with Crippen LogP contribution in [0.3, 0.4) is 0 Å². The van der Waals surface area contributed by atoms with Gasteiger partial charge in [0.15, 0.2) is 7.29 Å². The molecule has 0 aliphatic rings. The van der Waals surface area contributed by atoms with Gasteiger partial charge in [-0.05, 0) is 0 Å². The van der Waals surface area contributed by atoms with Gasteiger partial charge in [0.25, 0.3) is 0 Å². The second kappa shape index (κ2) is 4.20. The fourth-order valence-corrected chi connectivity index (χ4v) is 3.21. The van der Waals surface area contributed by atoms with Gasteiger partial charge in [0.1, 0.15) is 6.61 Å². The SMILES string of the molecule is C#CCOP(=O)(F)NP(C)(C)=O. The smallest absolute Gasteiger partial charge is 0.307 e. The van der Waals surface area contributed by atoms with Crippen LogP contribution in [-0.2, 0) is 13.7 Å². The quantitative estimate of drug-likeness (QED) is 0.571. The average molecular weight is 213 g/mol. The molecule has 4 nitrogen and oxygen atoms in total. The first-order valence-corrected chi connectivity index (χ1v) is 7.11. The van der Waals surface area contributed by atoms with Gasteiger partial charge in [-0.15, -0.1) is 10.6 Å². The van der Waals surface area contributed by atoms with Crippen molar-refractivity contribution in [2.45, 2.75) is 0 Å². The number of halogens is 1. The zero-order chi connectivity index (χ0) is 9.83. The third-order valence-electron chi connectivity index (χ3n) is 0.674. The maximum Gasteiger partial charge on any atom is 0.449 e. The molecule has 0 aromatic rings. The molecule has 0 saturated carbocycles. The fraction of sp³-hybridized carbons (Fsp3) is 0.600. The highest BCUT2D eigenvalue weighted by Crippen LogP contribution is 2.53. The molecule has 0 bridgehead atoms. The van der Waals surface area contributed by atoms with Crippen molar-refractivity contribution in [1.29, 1.82) is 0 Å². The zero-order valence-electron chi connectivity index (χ0n) is 6.78. The molecule has 0 heterocycles. The summed E-state index contributed by atoms with van der Waals surface area (Å²) >= 11 is 0. The zero-order valence-corrected chi connectivity index (χ0v) is 8.57. The first-order chi connectivity index (χ1) is 5.27. The van der Waals surface area contributed by atoms with Gasteiger partial charge in [-0.3, -0.25) is 4.52 Å². The maximum atomic E-state index is 12.7. The van der Waals surface area contributed by atoms with E-state index in [0.29, 0.717) is 0 Å². The van der Waals surface area contributed by atoms with E-state index < -0.39 is 21.7 Å². The lowest BCUT2D eigenvalue weighted by atomic mass is 10.8. The Bertz CT molecular complexity index is 279. The lowest BCUT2D eigenvalue weighted by molar-refractivity contribution is 0.322. The standard InChI is InChI=1S/C5H10FNO3P2/c1-4-5-10-12(6,9)7-11(2,3)8/h1H,5H2,2-3H3,(H,7,8,9). The molecule has 0 saturated heterocycles. The molecule has 0 rings (SSSR count). The minimum Gasteiger partial charge on any atom is -0.307 e. The van der Waals surface area contributed by atoms with Gasteiger partial charge in [0.05, 0.1) is 0 Å². The van der Waals surface area contributed by atoms with Crippen molar-refractivity contribution in [1.82, 2.24) is 4.86 Å². The molecule has 0 amide bonds. The Kier molecular flexibility index (Phi) is 4.16. The van der Waals surface area contributed by atoms with Crippen molar-refractivity contribution in [3.63, 3.8) is 0 Å². The normalized spacial score (nSPS) is 16.5. The van der Waals surface area contributed by atoms with Gasteiger partial charge in [0, 0.05) is 13.3 Å². The second-order valence-electron chi connectivity index (χ2n) is 2.41. The van der Waals surface area contributed by atoms with Crippen LogP contribution in [0.2, 0.25) is 0 Å². The third kappa shape index (κ3) is 6.57. The van der Waals surface area contributed by atoms with Crippen LogP contribution in [0.4, 0.5) is 4.20 Å². The van der Waals surface area contributed by atoms with E-state index >= 15 is 0 Å². The van der Waals surface area contributed by atoms with E-state index in [1.807, 2.05) is 5.92 Å². The number of nitrogens with one attached hydrogen (secondary N) is 1. The molecule has 0 aliphatic heterocycles. The number of terminal acetylenes is 1. The number of rotatable bonds is 4. The molecule has 70 valence electrons. The summed E-state index contributed by atoms with van der Waals surface area (Å²) in [5.41, 5.74) is 0. The van der Waals surface area contributed by atoms with Gasteiger partial charge in [-0.25, -0.2) is 4.57 Å². The molecular weight excluding hydrogens is 203 g/mol. The van der Waals surface area contributed by atoms with Gasteiger partial charge >= 0.3 is 7.83 Å². The molecule has 12 heavy (non-hydrogen) atoms. The van der Waals surface area contributed by atoms with Crippen molar-refractivity contribution < 1.29 is 17.9 Å². The lowest BCUT2D eigenvalue weighted by Crippen LogP contribution is -2.05. The highest BCUT2D eigenvalue weighted by Gasteiger charge is 2.27. The Morgan fingerprint density at radius 2 is 2.08 bits per heavy atom. The molecule has 1 atom stereocenters. The van der Waals surface area contributed by atoms with Crippen molar-refractivity contribution >= 4 is 15.1 Å². The van der Waals surface area contributed by atoms with Crippen LogP contribution in [0.25, 0.3) is 0 Å². The fourth-order valence-electron chi connectivity index (χ4n) is 0.437. The van der Waals surface area contributed by atoms with E-state index in [9.17, 15) is 13.3 Å². The van der Waals surface area contributed by atoms with Crippen LogP contribution in [0.5, 0.6) is 0 Å². The predicted octanol–water partition coefficient (Wildman–Crippen LogP) is 1.84. The highest BCUT2D eigenvalue weighted by atomic mass is 31.3. The Labute approximate surface area is 70.9 Å². The van der Waals surface area contributed by atoms with Crippen LogP contribution >= 0.6 is 15.1 Å². The first-order valence-electron chi connectivity index (χ1n) is 2.99. The maximum absolute atomic E-state index is 12.7. The van der Waals surface area contributed by atoms with Crippen molar-refractivity contribution in [3.8, 4) is 12.3 Å². The first kappa shape index (κ1) is 11.9. The minimum absolute atomic E-state index is 0.416. The average Bonchev–Trinajstić information content (AvgIpc) is 1.78. The third-order valence-corrected chi connectivity index (χ3v) is 4.02. The summed E-state index contributed by atoms with van der Waals surface area (Å²) in [5.74, 6) is 1.95. The summed E-state index contributed by atoms with van der Waals surface area (Å²) in [5, 5.41) is 0.